The average molecular weight is 295 g/mol. The monoisotopic (exact) mass is 295 g/mol. The molecular weight excluding hydrogens is 274 g/mol. The van der Waals surface area contributed by atoms with E-state index >= 15 is 0 Å². The van der Waals surface area contributed by atoms with E-state index in [1.165, 1.54) is 22.0 Å². The first kappa shape index (κ1) is 14.7. The molecule has 3 nitrogen and oxygen atoms in total. The highest BCUT2D eigenvalue weighted by Gasteiger charge is 2.18. The fourth-order valence-electron chi connectivity index (χ4n) is 3.12. The van der Waals surface area contributed by atoms with E-state index in [0.29, 0.717) is 6.42 Å². The molecule has 0 saturated carbocycles. The third-order valence-corrected chi connectivity index (χ3v) is 4.24. The SMILES string of the molecule is COc1ccc([C@H](CCO)c2cn(C)c3ccccc23)cc1. The Bertz CT molecular complexity index is 759. The molecule has 1 aromatic heterocycles. The molecular formula is C19H21NO2. The molecule has 0 amide bonds. The Morgan fingerprint density at radius 2 is 1.82 bits per heavy atom. The summed E-state index contributed by atoms with van der Waals surface area (Å²) in [4.78, 5) is 0. The number of aromatic nitrogens is 1. The van der Waals surface area contributed by atoms with Crippen LogP contribution in [0.25, 0.3) is 10.9 Å². The number of fused-ring (bicyclic) bond motifs is 1. The van der Waals surface area contributed by atoms with E-state index in [9.17, 15) is 5.11 Å². The average Bonchev–Trinajstić information content (AvgIpc) is 2.90. The second-order valence-corrected chi connectivity index (χ2v) is 5.55. The van der Waals surface area contributed by atoms with Crippen molar-refractivity contribution in [3.05, 3.63) is 65.9 Å². The molecule has 0 aliphatic rings. The zero-order valence-corrected chi connectivity index (χ0v) is 13.0. The number of hydrogen-bond donors (Lipinski definition) is 1. The summed E-state index contributed by atoms with van der Waals surface area (Å²) in [5.41, 5.74) is 3.68. The lowest BCUT2D eigenvalue weighted by molar-refractivity contribution is 0.282. The van der Waals surface area contributed by atoms with Crippen molar-refractivity contribution in [3.8, 4) is 5.75 Å². The summed E-state index contributed by atoms with van der Waals surface area (Å²) >= 11 is 0. The summed E-state index contributed by atoms with van der Waals surface area (Å²) in [5, 5.41) is 10.8. The molecule has 3 heteroatoms. The van der Waals surface area contributed by atoms with Gasteiger partial charge in [0.05, 0.1) is 7.11 Å². The maximum absolute atomic E-state index is 9.51. The molecule has 1 heterocycles. The van der Waals surface area contributed by atoms with Gasteiger partial charge in [-0.05, 0) is 35.7 Å². The van der Waals surface area contributed by atoms with Gasteiger partial charge in [0.15, 0.2) is 0 Å². The summed E-state index contributed by atoms with van der Waals surface area (Å²) < 4.78 is 7.39. The van der Waals surface area contributed by atoms with E-state index in [1.54, 1.807) is 7.11 Å². The van der Waals surface area contributed by atoms with Crippen LogP contribution in [0.15, 0.2) is 54.7 Å². The van der Waals surface area contributed by atoms with Gasteiger partial charge in [0.1, 0.15) is 5.75 Å². The first-order chi connectivity index (χ1) is 10.7. The van der Waals surface area contributed by atoms with Gasteiger partial charge in [-0.15, -0.1) is 0 Å². The zero-order chi connectivity index (χ0) is 15.5. The van der Waals surface area contributed by atoms with Gasteiger partial charge >= 0.3 is 0 Å². The van der Waals surface area contributed by atoms with Gasteiger partial charge in [0.2, 0.25) is 0 Å². The topological polar surface area (TPSA) is 34.4 Å². The molecule has 0 saturated heterocycles. The van der Waals surface area contributed by atoms with Crippen LogP contribution in [0, 0.1) is 0 Å². The van der Waals surface area contributed by atoms with E-state index in [4.69, 9.17) is 4.74 Å². The van der Waals surface area contributed by atoms with Crippen molar-refractivity contribution in [3.63, 3.8) is 0 Å². The first-order valence-corrected chi connectivity index (χ1v) is 7.53. The summed E-state index contributed by atoms with van der Waals surface area (Å²) in [7, 11) is 3.74. The van der Waals surface area contributed by atoms with Gasteiger partial charge in [-0.3, -0.25) is 0 Å². The molecule has 1 N–H and O–H groups in total. The molecule has 2 aromatic carbocycles. The molecule has 0 bridgehead atoms. The zero-order valence-electron chi connectivity index (χ0n) is 13.0. The van der Waals surface area contributed by atoms with Gasteiger partial charge < -0.3 is 14.4 Å². The van der Waals surface area contributed by atoms with Crippen molar-refractivity contribution in [2.75, 3.05) is 13.7 Å². The Kier molecular flexibility index (Phi) is 4.16. The lowest BCUT2D eigenvalue weighted by Crippen LogP contribution is -2.03. The molecule has 22 heavy (non-hydrogen) atoms. The highest BCUT2D eigenvalue weighted by Crippen LogP contribution is 2.34. The van der Waals surface area contributed by atoms with E-state index in [0.717, 1.165) is 5.75 Å². The predicted octanol–water partition coefficient (Wildman–Crippen LogP) is 3.70. The number of aliphatic hydroxyl groups excluding tert-OH is 1. The maximum atomic E-state index is 9.51. The third-order valence-electron chi connectivity index (χ3n) is 4.24. The van der Waals surface area contributed by atoms with Gasteiger partial charge in [0.25, 0.3) is 0 Å². The minimum Gasteiger partial charge on any atom is -0.497 e. The van der Waals surface area contributed by atoms with E-state index in [1.807, 2.05) is 12.1 Å². The Labute approximate surface area is 130 Å². The number of para-hydroxylation sites is 1. The van der Waals surface area contributed by atoms with Gasteiger partial charge in [-0.2, -0.15) is 0 Å². The number of rotatable bonds is 5. The lowest BCUT2D eigenvalue weighted by Gasteiger charge is -2.16. The molecule has 1 atom stereocenters. The molecule has 3 aromatic rings. The van der Waals surface area contributed by atoms with Crippen LogP contribution in [0.4, 0.5) is 0 Å². The maximum Gasteiger partial charge on any atom is 0.118 e. The van der Waals surface area contributed by atoms with E-state index in [2.05, 4.69) is 54.2 Å². The molecule has 3 rings (SSSR count). The van der Waals surface area contributed by atoms with Crippen molar-refractivity contribution >= 4 is 10.9 Å². The van der Waals surface area contributed by atoms with Gasteiger partial charge in [0, 0.05) is 36.7 Å². The smallest absolute Gasteiger partial charge is 0.118 e. The third kappa shape index (κ3) is 2.60. The molecule has 0 fully saturated rings. The van der Waals surface area contributed by atoms with Crippen molar-refractivity contribution in [2.45, 2.75) is 12.3 Å². The van der Waals surface area contributed by atoms with Crippen LogP contribution in [0.3, 0.4) is 0 Å². The van der Waals surface area contributed by atoms with Crippen LogP contribution in [-0.4, -0.2) is 23.4 Å². The quantitative estimate of drug-likeness (QED) is 0.779. The van der Waals surface area contributed by atoms with Crippen LogP contribution in [0.2, 0.25) is 0 Å². The standard InChI is InChI=1S/C19H21NO2/c1-20-13-18(17-5-3-4-6-19(17)20)16(11-12-21)14-7-9-15(22-2)10-8-14/h3-10,13,16,21H,11-12H2,1-2H3/t16-/m0/s1. The first-order valence-electron chi connectivity index (χ1n) is 7.53. The number of aliphatic hydroxyl groups is 1. The summed E-state index contributed by atoms with van der Waals surface area (Å²) in [6, 6.07) is 16.5. The fourth-order valence-corrected chi connectivity index (χ4v) is 3.12. The van der Waals surface area contributed by atoms with Crippen LogP contribution < -0.4 is 4.74 Å². The summed E-state index contributed by atoms with van der Waals surface area (Å²) in [6.07, 6.45) is 2.88. The van der Waals surface area contributed by atoms with Crippen LogP contribution >= 0.6 is 0 Å². The number of hydrogen-bond acceptors (Lipinski definition) is 2. The van der Waals surface area contributed by atoms with Gasteiger partial charge in [-0.1, -0.05) is 30.3 Å². The number of ether oxygens (including phenoxy) is 1. The largest absolute Gasteiger partial charge is 0.497 e. The van der Waals surface area contributed by atoms with Crippen molar-refractivity contribution in [1.29, 1.82) is 0 Å². The van der Waals surface area contributed by atoms with Crippen LogP contribution in [-0.2, 0) is 7.05 Å². The Balaban J connectivity index is 2.09. The number of aryl methyl sites for hydroxylation is 1. The van der Waals surface area contributed by atoms with Crippen molar-refractivity contribution < 1.29 is 9.84 Å². The molecule has 0 spiro atoms. The summed E-state index contributed by atoms with van der Waals surface area (Å²) in [5.74, 6) is 1.03. The van der Waals surface area contributed by atoms with Crippen molar-refractivity contribution in [1.82, 2.24) is 4.57 Å². The number of methoxy groups -OCH3 is 1. The lowest BCUT2D eigenvalue weighted by atomic mass is 9.88. The van der Waals surface area contributed by atoms with Crippen LogP contribution in [0.5, 0.6) is 5.75 Å². The second kappa shape index (κ2) is 6.24. The normalized spacial score (nSPS) is 12.5. The molecule has 0 aliphatic heterocycles. The highest BCUT2D eigenvalue weighted by molar-refractivity contribution is 5.85. The summed E-state index contributed by atoms with van der Waals surface area (Å²) in [6.45, 7) is 0.167. The Morgan fingerprint density at radius 1 is 1.09 bits per heavy atom. The predicted molar refractivity (Wildman–Crippen MR) is 89.5 cm³/mol. The van der Waals surface area contributed by atoms with Crippen LogP contribution in [0.1, 0.15) is 23.5 Å². The minimum absolute atomic E-state index is 0.167. The van der Waals surface area contributed by atoms with Gasteiger partial charge in [-0.25, -0.2) is 0 Å². The van der Waals surface area contributed by atoms with E-state index < -0.39 is 0 Å². The Morgan fingerprint density at radius 3 is 2.50 bits per heavy atom. The second-order valence-electron chi connectivity index (χ2n) is 5.55. The fraction of sp³-hybridized carbons (Fsp3) is 0.263. The number of nitrogens with zero attached hydrogens (tertiary/aromatic N) is 1. The molecule has 0 radical (unpaired) electrons. The Hall–Kier alpha value is -2.26. The minimum atomic E-state index is 0.167. The molecule has 0 aliphatic carbocycles. The molecule has 0 unspecified atom stereocenters. The number of benzene rings is 2. The van der Waals surface area contributed by atoms with Crippen molar-refractivity contribution in [2.24, 2.45) is 7.05 Å². The highest BCUT2D eigenvalue weighted by atomic mass is 16.5. The van der Waals surface area contributed by atoms with E-state index in [-0.39, 0.29) is 12.5 Å². The molecule has 114 valence electrons.